The lowest BCUT2D eigenvalue weighted by Crippen LogP contribution is -2.04. The topological polar surface area (TPSA) is 20.2 Å². The standard InChI is InChI=1S/C15H21FO/c1-11-6-8-13(16)10-14(11)15(17)9-7-12-4-2-3-5-12/h6,8,10,12,15,17H,2-5,7,9H2,1H3. The molecule has 1 aliphatic rings. The first-order valence-electron chi connectivity index (χ1n) is 6.61. The summed E-state index contributed by atoms with van der Waals surface area (Å²) in [5.41, 5.74) is 1.73. The Labute approximate surface area is 103 Å². The normalized spacial score (nSPS) is 18.5. The molecule has 0 spiro atoms. The molecule has 0 radical (unpaired) electrons. The summed E-state index contributed by atoms with van der Waals surface area (Å²) in [6.07, 6.45) is 6.58. The van der Waals surface area contributed by atoms with Gasteiger partial charge in [-0.2, -0.15) is 0 Å². The molecule has 17 heavy (non-hydrogen) atoms. The van der Waals surface area contributed by atoms with Crippen molar-refractivity contribution in [3.05, 3.63) is 35.1 Å². The largest absolute Gasteiger partial charge is 0.388 e. The van der Waals surface area contributed by atoms with Gasteiger partial charge in [-0.05, 0) is 48.9 Å². The fraction of sp³-hybridized carbons (Fsp3) is 0.600. The van der Waals surface area contributed by atoms with Gasteiger partial charge in [-0.1, -0.05) is 31.7 Å². The highest BCUT2D eigenvalue weighted by Crippen LogP contribution is 2.32. The predicted molar refractivity (Wildman–Crippen MR) is 67.3 cm³/mol. The minimum Gasteiger partial charge on any atom is -0.388 e. The lowest BCUT2D eigenvalue weighted by atomic mass is 9.94. The van der Waals surface area contributed by atoms with E-state index in [1.54, 1.807) is 6.07 Å². The molecule has 0 amide bonds. The molecule has 1 saturated carbocycles. The molecule has 2 heteroatoms. The Morgan fingerprint density at radius 1 is 1.35 bits per heavy atom. The summed E-state index contributed by atoms with van der Waals surface area (Å²) in [4.78, 5) is 0. The van der Waals surface area contributed by atoms with E-state index in [2.05, 4.69) is 0 Å². The number of hydrogen-bond donors (Lipinski definition) is 1. The summed E-state index contributed by atoms with van der Waals surface area (Å²) < 4.78 is 13.1. The van der Waals surface area contributed by atoms with Crippen LogP contribution >= 0.6 is 0 Å². The Morgan fingerprint density at radius 3 is 2.76 bits per heavy atom. The fourth-order valence-corrected chi connectivity index (χ4v) is 2.82. The number of aryl methyl sites for hydroxylation is 1. The van der Waals surface area contributed by atoms with Gasteiger partial charge in [0.25, 0.3) is 0 Å². The molecular weight excluding hydrogens is 215 g/mol. The Bertz CT molecular complexity index is 369. The van der Waals surface area contributed by atoms with E-state index in [9.17, 15) is 9.50 Å². The smallest absolute Gasteiger partial charge is 0.123 e. The summed E-state index contributed by atoms with van der Waals surface area (Å²) in [6.45, 7) is 1.92. The van der Waals surface area contributed by atoms with Gasteiger partial charge in [0.1, 0.15) is 5.82 Å². The van der Waals surface area contributed by atoms with Crippen molar-refractivity contribution in [1.82, 2.24) is 0 Å². The van der Waals surface area contributed by atoms with Gasteiger partial charge in [-0.15, -0.1) is 0 Å². The highest BCUT2D eigenvalue weighted by Gasteiger charge is 2.18. The van der Waals surface area contributed by atoms with Crippen LogP contribution in [0.15, 0.2) is 18.2 Å². The molecule has 1 atom stereocenters. The summed E-state index contributed by atoms with van der Waals surface area (Å²) in [7, 11) is 0. The zero-order valence-electron chi connectivity index (χ0n) is 10.5. The molecule has 1 aliphatic carbocycles. The van der Waals surface area contributed by atoms with E-state index in [4.69, 9.17) is 0 Å². The number of rotatable bonds is 4. The van der Waals surface area contributed by atoms with E-state index in [0.29, 0.717) is 0 Å². The number of aliphatic hydroxyl groups excluding tert-OH is 1. The van der Waals surface area contributed by atoms with Crippen molar-refractivity contribution < 1.29 is 9.50 Å². The van der Waals surface area contributed by atoms with Gasteiger partial charge < -0.3 is 5.11 Å². The molecule has 1 aromatic rings. The average molecular weight is 236 g/mol. The predicted octanol–water partition coefficient (Wildman–Crippen LogP) is 4.14. The maximum Gasteiger partial charge on any atom is 0.123 e. The monoisotopic (exact) mass is 236 g/mol. The van der Waals surface area contributed by atoms with Crippen LogP contribution in [0.25, 0.3) is 0 Å². The average Bonchev–Trinajstić information content (AvgIpc) is 2.82. The van der Waals surface area contributed by atoms with Crippen molar-refractivity contribution in [2.45, 2.75) is 51.6 Å². The maximum absolute atomic E-state index is 13.1. The van der Waals surface area contributed by atoms with Gasteiger partial charge in [-0.3, -0.25) is 0 Å². The van der Waals surface area contributed by atoms with E-state index >= 15 is 0 Å². The summed E-state index contributed by atoms with van der Waals surface area (Å²) in [5, 5.41) is 10.1. The van der Waals surface area contributed by atoms with Crippen LogP contribution in [0.2, 0.25) is 0 Å². The Morgan fingerprint density at radius 2 is 2.06 bits per heavy atom. The van der Waals surface area contributed by atoms with E-state index < -0.39 is 6.10 Å². The fourth-order valence-electron chi connectivity index (χ4n) is 2.82. The van der Waals surface area contributed by atoms with E-state index in [1.807, 2.05) is 6.92 Å². The van der Waals surface area contributed by atoms with Crippen LogP contribution in [-0.2, 0) is 0 Å². The van der Waals surface area contributed by atoms with E-state index in [-0.39, 0.29) is 5.82 Å². The van der Waals surface area contributed by atoms with E-state index in [1.165, 1.54) is 37.8 Å². The van der Waals surface area contributed by atoms with Crippen molar-refractivity contribution in [3.63, 3.8) is 0 Å². The highest BCUT2D eigenvalue weighted by molar-refractivity contribution is 5.28. The lowest BCUT2D eigenvalue weighted by molar-refractivity contribution is 0.156. The summed E-state index contributed by atoms with van der Waals surface area (Å²) >= 11 is 0. The SMILES string of the molecule is Cc1ccc(F)cc1C(O)CCC1CCCC1. The number of halogens is 1. The van der Waals surface area contributed by atoms with Crippen LogP contribution in [0, 0.1) is 18.7 Å². The van der Waals surface area contributed by atoms with Crippen molar-refractivity contribution in [3.8, 4) is 0 Å². The van der Waals surface area contributed by atoms with Gasteiger partial charge in [0.05, 0.1) is 6.10 Å². The van der Waals surface area contributed by atoms with Crippen molar-refractivity contribution in [2.75, 3.05) is 0 Å². The summed E-state index contributed by atoms with van der Waals surface area (Å²) in [5.74, 6) is 0.518. The Kier molecular flexibility index (Phi) is 4.16. The van der Waals surface area contributed by atoms with Crippen molar-refractivity contribution >= 4 is 0 Å². The number of aliphatic hydroxyl groups is 1. The van der Waals surface area contributed by atoms with Gasteiger partial charge >= 0.3 is 0 Å². The third kappa shape index (κ3) is 3.29. The minimum atomic E-state index is -0.508. The van der Waals surface area contributed by atoms with Crippen LogP contribution in [0.5, 0.6) is 0 Å². The number of benzene rings is 1. The van der Waals surface area contributed by atoms with Crippen LogP contribution < -0.4 is 0 Å². The van der Waals surface area contributed by atoms with Crippen LogP contribution in [0.3, 0.4) is 0 Å². The Balaban J connectivity index is 1.93. The second kappa shape index (κ2) is 5.63. The van der Waals surface area contributed by atoms with Crippen LogP contribution in [0.1, 0.15) is 55.8 Å². The van der Waals surface area contributed by atoms with Crippen molar-refractivity contribution in [1.29, 1.82) is 0 Å². The second-order valence-electron chi connectivity index (χ2n) is 5.24. The summed E-state index contributed by atoms with van der Waals surface area (Å²) in [6, 6.07) is 4.65. The molecular formula is C15H21FO. The molecule has 2 rings (SSSR count). The maximum atomic E-state index is 13.1. The first-order valence-corrected chi connectivity index (χ1v) is 6.61. The third-order valence-electron chi connectivity index (χ3n) is 3.92. The molecule has 1 fully saturated rings. The van der Waals surface area contributed by atoms with Gasteiger partial charge in [-0.25, -0.2) is 4.39 Å². The molecule has 0 aromatic heterocycles. The molecule has 1 nitrogen and oxygen atoms in total. The van der Waals surface area contributed by atoms with Crippen molar-refractivity contribution in [2.24, 2.45) is 5.92 Å². The zero-order chi connectivity index (χ0) is 12.3. The van der Waals surface area contributed by atoms with Crippen LogP contribution in [0.4, 0.5) is 4.39 Å². The molecule has 0 heterocycles. The van der Waals surface area contributed by atoms with Gasteiger partial charge in [0.2, 0.25) is 0 Å². The highest BCUT2D eigenvalue weighted by atomic mass is 19.1. The van der Waals surface area contributed by atoms with Gasteiger partial charge in [0, 0.05) is 0 Å². The zero-order valence-corrected chi connectivity index (χ0v) is 10.5. The molecule has 0 saturated heterocycles. The number of hydrogen-bond acceptors (Lipinski definition) is 1. The first kappa shape index (κ1) is 12.6. The minimum absolute atomic E-state index is 0.259. The third-order valence-corrected chi connectivity index (χ3v) is 3.92. The molecule has 1 aromatic carbocycles. The van der Waals surface area contributed by atoms with Crippen LogP contribution in [-0.4, -0.2) is 5.11 Å². The lowest BCUT2D eigenvalue weighted by Gasteiger charge is -2.16. The molecule has 0 aliphatic heterocycles. The molecule has 94 valence electrons. The molecule has 1 unspecified atom stereocenters. The van der Waals surface area contributed by atoms with Gasteiger partial charge in [0.15, 0.2) is 0 Å². The quantitative estimate of drug-likeness (QED) is 0.833. The van der Waals surface area contributed by atoms with E-state index in [0.717, 1.165) is 29.9 Å². The second-order valence-corrected chi connectivity index (χ2v) is 5.24. The molecule has 1 N–H and O–H groups in total. The Hall–Kier alpha value is -0.890. The first-order chi connectivity index (χ1) is 8.16. The molecule has 0 bridgehead atoms.